The van der Waals surface area contributed by atoms with Gasteiger partial charge in [0.25, 0.3) is 5.91 Å². The normalized spacial score (nSPS) is 10.5. The molecule has 2 heterocycles. The first kappa shape index (κ1) is 18.1. The van der Waals surface area contributed by atoms with Crippen molar-refractivity contribution in [1.29, 1.82) is 0 Å². The predicted molar refractivity (Wildman–Crippen MR) is 100 cm³/mol. The van der Waals surface area contributed by atoms with Crippen LogP contribution in [-0.2, 0) is 12.3 Å². The molecule has 0 aliphatic heterocycles. The fourth-order valence-corrected chi connectivity index (χ4v) is 3.39. The van der Waals surface area contributed by atoms with Crippen LogP contribution in [0.2, 0.25) is 0 Å². The van der Waals surface area contributed by atoms with E-state index in [-0.39, 0.29) is 11.7 Å². The molecule has 0 unspecified atom stereocenters. The minimum Gasteiger partial charge on any atom is -0.337 e. The molecule has 1 amide bonds. The van der Waals surface area contributed by atoms with E-state index in [2.05, 4.69) is 9.97 Å². The molecule has 0 bridgehead atoms. The highest BCUT2D eigenvalue weighted by atomic mass is 32.2. The summed E-state index contributed by atoms with van der Waals surface area (Å²) < 4.78 is 13.0. The second-order valence-electron chi connectivity index (χ2n) is 5.79. The van der Waals surface area contributed by atoms with E-state index in [1.165, 1.54) is 23.9 Å². The van der Waals surface area contributed by atoms with Crippen LogP contribution in [0.4, 0.5) is 4.39 Å². The maximum Gasteiger partial charge on any atom is 0.256 e. The Morgan fingerprint density at radius 1 is 1.08 bits per heavy atom. The van der Waals surface area contributed by atoms with Crippen LogP contribution in [0.5, 0.6) is 0 Å². The van der Waals surface area contributed by atoms with E-state index >= 15 is 0 Å². The van der Waals surface area contributed by atoms with Gasteiger partial charge in [0.1, 0.15) is 10.8 Å². The van der Waals surface area contributed by atoms with Gasteiger partial charge in [-0.25, -0.2) is 9.37 Å². The highest BCUT2D eigenvalue weighted by Gasteiger charge is 2.17. The molecule has 0 fully saturated rings. The molecule has 0 radical (unpaired) electrons. The number of carbonyl (C=O) groups is 1. The van der Waals surface area contributed by atoms with E-state index in [1.807, 2.05) is 12.1 Å². The molecular formula is C20H18FN3OS. The number of benzene rings is 1. The fraction of sp³-hybridized carbons (Fsp3) is 0.150. The third-order valence-corrected chi connectivity index (χ3v) is 4.86. The van der Waals surface area contributed by atoms with Gasteiger partial charge in [0.15, 0.2) is 0 Å². The molecule has 0 aliphatic carbocycles. The predicted octanol–water partition coefficient (Wildman–Crippen LogP) is 4.18. The zero-order valence-corrected chi connectivity index (χ0v) is 15.1. The van der Waals surface area contributed by atoms with Crippen LogP contribution in [-0.4, -0.2) is 27.8 Å². The van der Waals surface area contributed by atoms with Crippen molar-refractivity contribution in [2.24, 2.45) is 0 Å². The Morgan fingerprint density at radius 3 is 2.58 bits per heavy atom. The van der Waals surface area contributed by atoms with Gasteiger partial charge in [0.05, 0.1) is 5.56 Å². The van der Waals surface area contributed by atoms with E-state index in [1.54, 1.807) is 54.8 Å². The summed E-state index contributed by atoms with van der Waals surface area (Å²) in [6, 6.07) is 13.7. The summed E-state index contributed by atoms with van der Waals surface area (Å²) in [6.07, 6.45) is 5.12. The van der Waals surface area contributed by atoms with Crippen molar-refractivity contribution in [3.8, 4) is 0 Å². The van der Waals surface area contributed by atoms with Gasteiger partial charge in [-0.15, -0.1) is 11.8 Å². The standard InChI is InChI=1S/C20H18FN3OS/c1-24(13-16-4-2-10-22-12-16)20(25)18-5-3-11-23-19(18)26-14-15-6-8-17(21)9-7-15/h2-12H,13-14H2,1H3. The van der Waals surface area contributed by atoms with Crippen molar-refractivity contribution >= 4 is 17.7 Å². The quantitative estimate of drug-likeness (QED) is 0.613. The SMILES string of the molecule is CN(Cc1cccnc1)C(=O)c1cccnc1SCc1ccc(F)cc1. The highest BCUT2D eigenvalue weighted by Crippen LogP contribution is 2.25. The van der Waals surface area contributed by atoms with Crippen LogP contribution in [0, 0.1) is 5.82 Å². The Balaban J connectivity index is 1.71. The van der Waals surface area contributed by atoms with E-state index < -0.39 is 0 Å². The van der Waals surface area contributed by atoms with Crippen LogP contribution >= 0.6 is 11.8 Å². The maximum atomic E-state index is 13.0. The lowest BCUT2D eigenvalue weighted by Gasteiger charge is -2.18. The summed E-state index contributed by atoms with van der Waals surface area (Å²) in [4.78, 5) is 22.9. The summed E-state index contributed by atoms with van der Waals surface area (Å²) in [7, 11) is 1.76. The highest BCUT2D eigenvalue weighted by molar-refractivity contribution is 7.98. The molecule has 0 saturated heterocycles. The van der Waals surface area contributed by atoms with Crippen LogP contribution in [0.1, 0.15) is 21.5 Å². The van der Waals surface area contributed by atoms with Gasteiger partial charge in [-0.1, -0.05) is 18.2 Å². The zero-order chi connectivity index (χ0) is 18.4. The molecule has 0 spiro atoms. The van der Waals surface area contributed by atoms with Crippen LogP contribution in [0.15, 0.2) is 72.1 Å². The summed E-state index contributed by atoms with van der Waals surface area (Å²) in [6.45, 7) is 0.476. The lowest BCUT2D eigenvalue weighted by molar-refractivity contribution is 0.0780. The van der Waals surface area contributed by atoms with Crippen molar-refractivity contribution in [3.05, 3.63) is 89.6 Å². The molecule has 26 heavy (non-hydrogen) atoms. The zero-order valence-electron chi connectivity index (χ0n) is 14.3. The van der Waals surface area contributed by atoms with Gasteiger partial charge in [-0.3, -0.25) is 9.78 Å². The maximum absolute atomic E-state index is 13.0. The second kappa shape index (κ2) is 8.58. The average molecular weight is 367 g/mol. The average Bonchev–Trinajstić information content (AvgIpc) is 2.68. The van der Waals surface area contributed by atoms with Gasteiger partial charge in [-0.05, 0) is 41.5 Å². The molecule has 0 atom stereocenters. The Labute approximate surface area is 156 Å². The summed E-state index contributed by atoms with van der Waals surface area (Å²) in [5, 5.41) is 0.667. The number of rotatable bonds is 6. The van der Waals surface area contributed by atoms with Crippen LogP contribution < -0.4 is 0 Å². The Kier molecular flexibility index (Phi) is 5.96. The number of hydrogen-bond donors (Lipinski definition) is 0. The van der Waals surface area contributed by atoms with Gasteiger partial charge in [-0.2, -0.15) is 0 Å². The monoisotopic (exact) mass is 367 g/mol. The summed E-state index contributed by atoms with van der Waals surface area (Å²) in [5.74, 6) is 0.261. The minimum absolute atomic E-state index is 0.0939. The van der Waals surface area contributed by atoms with Gasteiger partial charge in [0, 0.05) is 37.9 Å². The molecule has 3 rings (SSSR count). The third kappa shape index (κ3) is 4.67. The lowest BCUT2D eigenvalue weighted by Crippen LogP contribution is -2.27. The molecule has 0 aliphatic rings. The number of thioether (sulfide) groups is 1. The summed E-state index contributed by atoms with van der Waals surface area (Å²) >= 11 is 1.46. The number of carbonyl (C=O) groups excluding carboxylic acids is 1. The van der Waals surface area contributed by atoms with Crippen LogP contribution in [0.25, 0.3) is 0 Å². The van der Waals surface area contributed by atoms with E-state index in [0.29, 0.717) is 22.9 Å². The second-order valence-corrected chi connectivity index (χ2v) is 6.76. The third-order valence-electron chi connectivity index (χ3n) is 3.78. The number of aromatic nitrogens is 2. The Morgan fingerprint density at radius 2 is 1.85 bits per heavy atom. The van der Waals surface area contributed by atoms with Crippen LogP contribution in [0.3, 0.4) is 0 Å². The lowest BCUT2D eigenvalue weighted by atomic mass is 10.2. The van der Waals surface area contributed by atoms with Gasteiger partial charge in [0.2, 0.25) is 0 Å². The molecule has 6 heteroatoms. The molecule has 1 aromatic carbocycles. The first-order valence-corrected chi connectivity index (χ1v) is 9.08. The first-order valence-electron chi connectivity index (χ1n) is 8.10. The fourth-order valence-electron chi connectivity index (χ4n) is 2.44. The molecule has 132 valence electrons. The number of nitrogens with zero attached hydrogens (tertiary/aromatic N) is 3. The molecular weight excluding hydrogens is 349 g/mol. The summed E-state index contributed by atoms with van der Waals surface area (Å²) in [5.41, 5.74) is 2.50. The molecule has 4 nitrogen and oxygen atoms in total. The first-order chi connectivity index (χ1) is 12.6. The Hall–Kier alpha value is -2.73. The smallest absolute Gasteiger partial charge is 0.256 e. The van der Waals surface area contributed by atoms with Gasteiger partial charge < -0.3 is 4.90 Å². The Bertz CT molecular complexity index is 872. The topological polar surface area (TPSA) is 46.1 Å². The molecule has 0 N–H and O–H groups in total. The van der Waals surface area contributed by atoms with Crippen molar-refractivity contribution in [3.63, 3.8) is 0 Å². The van der Waals surface area contributed by atoms with Crippen molar-refractivity contribution in [2.45, 2.75) is 17.3 Å². The van der Waals surface area contributed by atoms with Crippen molar-refractivity contribution in [1.82, 2.24) is 14.9 Å². The molecule has 3 aromatic rings. The minimum atomic E-state index is -0.260. The molecule has 2 aromatic heterocycles. The van der Waals surface area contributed by atoms with Crippen molar-refractivity contribution < 1.29 is 9.18 Å². The number of hydrogen-bond acceptors (Lipinski definition) is 4. The number of pyridine rings is 2. The van der Waals surface area contributed by atoms with E-state index in [4.69, 9.17) is 0 Å². The van der Waals surface area contributed by atoms with E-state index in [9.17, 15) is 9.18 Å². The van der Waals surface area contributed by atoms with E-state index in [0.717, 1.165) is 11.1 Å². The number of halogens is 1. The molecule has 0 saturated carbocycles. The number of amides is 1. The largest absolute Gasteiger partial charge is 0.337 e. The van der Waals surface area contributed by atoms with Gasteiger partial charge >= 0.3 is 0 Å². The van der Waals surface area contributed by atoms with Crippen molar-refractivity contribution in [2.75, 3.05) is 7.05 Å².